The topological polar surface area (TPSA) is 155 Å². The zero-order chi connectivity index (χ0) is 41.8. The number of carbonyl (C=O) groups is 1. The lowest BCUT2D eigenvalue weighted by molar-refractivity contribution is -0.0263. The molecule has 0 radical (unpaired) electrons. The quantitative estimate of drug-likeness (QED) is 0.0854. The molecule has 5 aliphatic rings. The zero-order valence-electron chi connectivity index (χ0n) is 35.2. The van der Waals surface area contributed by atoms with Crippen LogP contribution < -0.4 is 10.2 Å². The van der Waals surface area contributed by atoms with E-state index in [1.54, 1.807) is 6.07 Å². The van der Waals surface area contributed by atoms with E-state index >= 15 is 0 Å². The van der Waals surface area contributed by atoms with Crippen molar-refractivity contribution in [1.29, 1.82) is 0 Å². The third-order valence-electron chi connectivity index (χ3n) is 14.9. The van der Waals surface area contributed by atoms with Gasteiger partial charge in [0.2, 0.25) is 0 Å². The monoisotopic (exact) mass is 814 g/mol. The summed E-state index contributed by atoms with van der Waals surface area (Å²) in [5, 5.41) is 42.8. The van der Waals surface area contributed by atoms with Gasteiger partial charge in [0.05, 0.1) is 24.5 Å². The van der Waals surface area contributed by atoms with Gasteiger partial charge in [0.15, 0.2) is 5.82 Å². The molecule has 316 valence electrons. The van der Waals surface area contributed by atoms with Crippen LogP contribution in [-0.4, -0.2) is 80.1 Å². The van der Waals surface area contributed by atoms with Crippen molar-refractivity contribution in [2.75, 3.05) is 37.7 Å². The normalized spacial score (nSPS) is 26.8. The SMILES string of the molecule is CC(C)c1cc(-c2nnc(O)n2-c2ccc3c(c2)CCN3CCOCCNC(=O)O[C@H]2CC[C@@]3(C)C(=CC[C@@H]4[C@@H]3CC[C@]3(C)C(c5cccnc5)=CC[C@@H]43)C2)c(O)cc1O. The summed E-state index contributed by atoms with van der Waals surface area (Å²) in [4.78, 5) is 19.6. The third kappa shape index (κ3) is 7.10. The van der Waals surface area contributed by atoms with Crippen LogP contribution in [-0.2, 0) is 15.9 Å². The number of nitrogens with one attached hydrogen (secondary N) is 1. The molecule has 3 heterocycles. The number of hydrogen-bond acceptors (Lipinski definition) is 10. The fourth-order valence-electron chi connectivity index (χ4n) is 11.7. The average molecular weight is 815 g/mol. The van der Waals surface area contributed by atoms with Crippen molar-refractivity contribution in [3.05, 3.63) is 89.3 Å². The number of hydrogen-bond donors (Lipinski definition) is 4. The van der Waals surface area contributed by atoms with Gasteiger partial charge in [-0.25, -0.2) is 9.36 Å². The number of pyridine rings is 1. The largest absolute Gasteiger partial charge is 0.508 e. The highest BCUT2D eigenvalue weighted by atomic mass is 16.6. The highest BCUT2D eigenvalue weighted by Crippen LogP contribution is 2.66. The fraction of sp³-hybridized carbons (Fsp3) is 0.500. The maximum atomic E-state index is 12.9. The van der Waals surface area contributed by atoms with Crippen molar-refractivity contribution in [2.24, 2.45) is 28.6 Å². The van der Waals surface area contributed by atoms with Gasteiger partial charge in [0, 0.05) is 50.2 Å². The minimum Gasteiger partial charge on any atom is -0.508 e. The fourth-order valence-corrected chi connectivity index (χ4v) is 11.7. The summed E-state index contributed by atoms with van der Waals surface area (Å²) in [7, 11) is 0. The number of carbonyl (C=O) groups excluding carboxylic acids is 1. The summed E-state index contributed by atoms with van der Waals surface area (Å²) in [5.74, 6) is 2.16. The van der Waals surface area contributed by atoms with E-state index in [-0.39, 0.29) is 52.3 Å². The molecule has 0 spiro atoms. The van der Waals surface area contributed by atoms with Crippen LogP contribution in [0.4, 0.5) is 10.5 Å². The lowest BCUT2D eigenvalue weighted by atomic mass is 9.47. The zero-order valence-corrected chi connectivity index (χ0v) is 35.2. The predicted molar refractivity (Wildman–Crippen MR) is 230 cm³/mol. The Morgan fingerprint density at radius 1 is 0.967 bits per heavy atom. The van der Waals surface area contributed by atoms with Crippen LogP contribution in [0.15, 0.2) is 72.6 Å². The first-order valence-corrected chi connectivity index (χ1v) is 21.9. The molecule has 0 unspecified atom stereocenters. The van der Waals surface area contributed by atoms with Gasteiger partial charge in [-0.15, -0.1) is 5.10 Å². The van der Waals surface area contributed by atoms with E-state index < -0.39 is 0 Å². The molecule has 2 aromatic heterocycles. The summed E-state index contributed by atoms with van der Waals surface area (Å²) in [6.45, 7) is 11.7. The molecule has 2 aromatic carbocycles. The van der Waals surface area contributed by atoms with Crippen molar-refractivity contribution in [3.8, 4) is 34.6 Å². The first-order valence-electron chi connectivity index (χ1n) is 21.9. The smallest absolute Gasteiger partial charge is 0.407 e. The number of benzene rings is 2. The van der Waals surface area contributed by atoms with Gasteiger partial charge < -0.3 is 35.0 Å². The Bertz CT molecular complexity index is 2320. The van der Waals surface area contributed by atoms with Crippen LogP contribution in [0.25, 0.3) is 22.6 Å². The second-order valence-corrected chi connectivity index (χ2v) is 18.4. The lowest BCUT2D eigenvalue weighted by Crippen LogP contribution is -2.50. The number of phenolic OH excluding ortho intramolecular Hbond substituents is 2. The first kappa shape index (κ1) is 40.1. The number of aromatic nitrogens is 4. The lowest BCUT2D eigenvalue weighted by Gasteiger charge is -2.57. The number of fused-ring (bicyclic) bond motifs is 6. The Morgan fingerprint density at radius 2 is 1.82 bits per heavy atom. The van der Waals surface area contributed by atoms with Crippen molar-refractivity contribution in [3.63, 3.8) is 0 Å². The van der Waals surface area contributed by atoms with Crippen molar-refractivity contribution in [1.82, 2.24) is 25.1 Å². The minimum atomic E-state index is -0.373. The Labute approximate surface area is 352 Å². The van der Waals surface area contributed by atoms with Gasteiger partial charge in [-0.2, -0.15) is 0 Å². The van der Waals surface area contributed by atoms with Gasteiger partial charge in [-0.05, 0) is 132 Å². The molecular weight excluding hydrogens is 757 g/mol. The van der Waals surface area contributed by atoms with Crippen LogP contribution in [0, 0.1) is 28.6 Å². The van der Waals surface area contributed by atoms with E-state index in [4.69, 9.17) is 9.47 Å². The number of anilines is 1. The third-order valence-corrected chi connectivity index (χ3v) is 14.9. The number of ether oxygens (including phenoxy) is 2. The van der Waals surface area contributed by atoms with Crippen molar-refractivity contribution < 1.29 is 29.6 Å². The van der Waals surface area contributed by atoms with Crippen molar-refractivity contribution in [2.45, 2.75) is 91.1 Å². The number of phenols is 2. The summed E-state index contributed by atoms with van der Waals surface area (Å²) < 4.78 is 13.4. The second-order valence-electron chi connectivity index (χ2n) is 18.4. The summed E-state index contributed by atoms with van der Waals surface area (Å²) in [5.41, 5.74) is 8.56. The van der Waals surface area contributed by atoms with Crippen molar-refractivity contribution >= 4 is 17.4 Å². The number of allylic oxidation sites excluding steroid dienone is 3. The molecule has 2 fully saturated rings. The van der Waals surface area contributed by atoms with E-state index in [9.17, 15) is 20.1 Å². The van der Waals surface area contributed by atoms with Gasteiger partial charge in [-0.1, -0.05) is 56.6 Å². The number of aromatic hydroxyl groups is 3. The molecule has 12 heteroatoms. The molecular formula is C48H58N6O6. The summed E-state index contributed by atoms with van der Waals surface area (Å²) in [6, 6.07) is 12.9. The molecule has 12 nitrogen and oxygen atoms in total. The van der Waals surface area contributed by atoms with Gasteiger partial charge in [0.25, 0.3) is 0 Å². The van der Waals surface area contributed by atoms with E-state index in [1.807, 2.05) is 44.4 Å². The van der Waals surface area contributed by atoms with Gasteiger partial charge in [0.1, 0.15) is 17.6 Å². The standard InChI is InChI=1S/C48H58N6O6/c1-29(2)36-26-37(43(56)27-42(36)55)44-51-52-45(57)54(44)33-8-12-41-30(24-33)15-20-53(41)21-23-59-22-19-50-46(58)60-34-13-16-47(3)32(25-34)7-9-35-39-11-10-38(31-6-5-18-49-28-31)48(39,4)17-14-40(35)47/h5-8,10,12,18,24,26-29,34-35,39-40,55-56H,9,11,13-17,19-23,25H2,1-4H3,(H,50,58)(H,52,57)/t34-,35-,39-,40-,47-,48+/m0/s1. The molecule has 1 aliphatic heterocycles. The molecule has 2 saturated carbocycles. The van der Waals surface area contributed by atoms with Gasteiger partial charge >= 0.3 is 12.1 Å². The molecule has 4 aromatic rings. The van der Waals surface area contributed by atoms with E-state index in [0.717, 1.165) is 56.3 Å². The Balaban J connectivity index is 0.732. The Kier molecular flexibility index (Phi) is 10.6. The molecule has 6 atom stereocenters. The Morgan fingerprint density at radius 3 is 2.63 bits per heavy atom. The van der Waals surface area contributed by atoms with E-state index in [1.165, 1.54) is 40.2 Å². The molecule has 0 bridgehead atoms. The van der Waals surface area contributed by atoms with Crippen LogP contribution in [0.1, 0.15) is 95.2 Å². The second kappa shape index (κ2) is 15.9. The van der Waals surface area contributed by atoms with Crippen LogP contribution in [0.3, 0.4) is 0 Å². The number of nitrogens with zero attached hydrogens (tertiary/aromatic N) is 5. The summed E-state index contributed by atoms with van der Waals surface area (Å²) in [6.07, 6.45) is 16.8. The highest BCUT2D eigenvalue weighted by molar-refractivity contribution is 5.73. The maximum absolute atomic E-state index is 12.9. The maximum Gasteiger partial charge on any atom is 0.407 e. The van der Waals surface area contributed by atoms with Crippen LogP contribution in [0.2, 0.25) is 0 Å². The Hall–Kier alpha value is -5.36. The number of alkyl carbamates (subject to hydrolysis) is 1. The van der Waals surface area contributed by atoms with E-state index in [2.05, 4.69) is 63.5 Å². The summed E-state index contributed by atoms with van der Waals surface area (Å²) >= 11 is 0. The molecule has 1 amide bonds. The highest BCUT2D eigenvalue weighted by Gasteiger charge is 2.57. The molecule has 4 N–H and O–H groups in total. The van der Waals surface area contributed by atoms with Gasteiger partial charge in [-0.3, -0.25) is 4.98 Å². The average Bonchev–Trinajstić information content (AvgIpc) is 3.93. The molecule has 60 heavy (non-hydrogen) atoms. The number of amides is 1. The molecule has 9 rings (SSSR count). The number of rotatable bonds is 11. The van der Waals surface area contributed by atoms with Crippen LogP contribution in [0.5, 0.6) is 17.5 Å². The predicted octanol–water partition coefficient (Wildman–Crippen LogP) is 8.70. The van der Waals surface area contributed by atoms with E-state index in [0.29, 0.717) is 60.9 Å². The molecule has 4 aliphatic carbocycles. The van der Waals surface area contributed by atoms with Crippen LogP contribution >= 0.6 is 0 Å². The minimum absolute atomic E-state index is 0.00456. The molecule has 0 saturated heterocycles. The first-order chi connectivity index (χ1) is 28.9.